The number of nitrogens with zero attached hydrogens (tertiary/aromatic N) is 1. The van der Waals surface area contributed by atoms with Gasteiger partial charge in [0.2, 0.25) is 0 Å². The topological polar surface area (TPSA) is 52.9 Å². The van der Waals surface area contributed by atoms with Crippen molar-refractivity contribution in [2.75, 3.05) is 32.2 Å². The number of benzene rings is 1. The SMILES string of the molecule is COc1cccc(N(C)CCO)c1[C@H](C)O. The maximum atomic E-state index is 9.76. The molecule has 0 fully saturated rings. The number of hydrogen-bond donors (Lipinski definition) is 2. The average Bonchev–Trinajstić information content (AvgIpc) is 2.28. The molecule has 0 saturated carbocycles. The number of likely N-dealkylation sites (N-methyl/N-ethyl adjacent to an activating group) is 1. The second-order valence-electron chi connectivity index (χ2n) is 3.71. The van der Waals surface area contributed by atoms with Gasteiger partial charge in [-0.1, -0.05) is 6.07 Å². The summed E-state index contributed by atoms with van der Waals surface area (Å²) in [6.45, 7) is 2.30. The van der Waals surface area contributed by atoms with Gasteiger partial charge in [-0.05, 0) is 19.1 Å². The molecule has 16 heavy (non-hydrogen) atoms. The molecule has 0 saturated heterocycles. The maximum absolute atomic E-state index is 9.76. The van der Waals surface area contributed by atoms with Crippen molar-refractivity contribution in [1.82, 2.24) is 0 Å². The number of methoxy groups -OCH3 is 1. The lowest BCUT2D eigenvalue weighted by Crippen LogP contribution is -2.23. The van der Waals surface area contributed by atoms with E-state index in [9.17, 15) is 5.11 Å². The smallest absolute Gasteiger partial charge is 0.126 e. The first-order valence-electron chi connectivity index (χ1n) is 5.28. The van der Waals surface area contributed by atoms with Gasteiger partial charge in [0.1, 0.15) is 5.75 Å². The van der Waals surface area contributed by atoms with E-state index >= 15 is 0 Å². The van der Waals surface area contributed by atoms with Crippen LogP contribution >= 0.6 is 0 Å². The van der Waals surface area contributed by atoms with Crippen LogP contribution in [0.4, 0.5) is 5.69 Å². The van der Waals surface area contributed by atoms with Crippen LogP contribution in [0.3, 0.4) is 0 Å². The van der Waals surface area contributed by atoms with Gasteiger partial charge in [0.05, 0.1) is 19.8 Å². The van der Waals surface area contributed by atoms with Crippen molar-refractivity contribution >= 4 is 5.69 Å². The van der Waals surface area contributed by atoms with E-state index in [1.54, 1.807) is 14.0 Å². The molecule has 1 aromatic carbocycles. The number of aliphatic hydroxyl groups is 2. The molecule has 2 N–H and O–H groups in total. The van der Waals surface area contributed by atoms with Gasteiger partial charge in [0.15, 0.2) is 0 Å². The molecule has 1 atom stereocenters. The Bertz CT molecular complexity index is 339. The van der Waals surface area contributed by atoms with Crippen molar-refractivity contribution in [2.45, 2.75) is 13.0 Å². The Labute approximate surface area is 96.1 Å². The fraction of sp³-hybridized carbons (Fsp3) is 0.500. The van der Waals surface area contributed by atoms with E-state index in [2.05, 4.69) is 0 Å². The van der Waals surface area contributed by atoms with E-state index in [-0.39, 0.29) is 6.61 Å². The number of ether oxygens (including phenoxy) is 1. The zero-order chi connectivity index (χ0) is 12.1. The fourth-order valence-electron chi connectivity index (χ4n) is 1.73. The van der Waals surface area contributed by atoms with Crippen LogP contribution < -0.4 is 9.64 Å². The zero-order valence-electron chi connectivity index (χ0n) is 9.97. The summed E-state index contributed by atoms with van der Waals surface area (Å²) < 4.78 is 5.23. The van der Waals surface area contributed by atoms with Crippen LogP contribution in [0, 0.1) is 0 Å². The second-order valence-corrected chi connectivity index (χ2v) is 3.71. The molecular weight excluding hydrogens is 206 g/mol. The molecule has 0 radical (unpaired) electrons. The van der Waals surface area contributed by atoms with Crippen molar-refractivity contribution in [2.24, 2.45) is 0 Å². The van der Waals surface area contributed by atoms with Gasteiger partial charge in [0, 0.05) is 24.8 Å². The minimum atomic E-state index is -0.604. The minimum absolute atomic E-state index is 0.0763. The Kier molecular flexibility index (Phi) is 4.58. The third-order valence-electron chi connectivity index (χ3n) is 2.53. The molecule has 0 heterocycles. The third kappa shape index (κ3) is 2.65. The van der Waals surface area contributed by atoms with Gasteiger partial charge < -0.3 is 19.8 Å². The summed E-state index contributed by atoms with van der Waals surface area (Å²) in [7, 11) is 3.45. The molecule has 90 valence electrons. The van der Waals surface area contributed by atoms with E-state index in [0.717, 1.165) is 11.3 Å². The van der Waals surface area contributed by atoms with Crippen LogP contribution in [0.15, 0.2) is 18.2 Å². The van der Waals surface area contributed by atoms with Gasteiger partial charge in [-0.2, -0.15) is 0 Å². The lowest BCUT2D eigenvalue weighted by molar-refractivity contribution is 0.194. The molecule has 0 unspecified atom stereocenters. The molecule has 0 amide bonds. The fourth-order valence-corrected chi connectivity index (χ4v) is 1.73. The summed E-state index contributed by atoms with van der Waals surface area (Å²) in [6.07, 6.45) is -0.604. The highest BCUT2D eigenvalue weighted by Crippen LogP contribution is 2.33. The van der Waals surface area contributed by atoms with Crippen molar-refractivity contribution < 1.29 is 14.9 Å². The van der Waals surface area contributed by atoms with Crippen LogP contribution in [-0.4, -0.2) is 37.5 Å². The number of aliphatic hydroxyl groups excluding tert-OH is 2. The summed E-state index contributed by atoms with van der Waals surface area (Å²) in [4.78, 5) is 1.89. The van der Waals surface area contributed by atoms with Gasteiger partial charge in [-0.3, -0.25) is 0 Å². The summed E-state index contributed by atoms with van der Waals surface area (Å²) in [6, 6.07) is 5.59. The first-order valence-corrected chi connectivity index (χ1v) is 5.28. The Morgan fingerprint density at radius 1 is 1.44 bits per heavy atom. The van der Waals surface area contributed by atoms with Gasteiger partial charge in [-0.15, -0.1) is 0 Å². The van der Waals surface area contributed by atoms with Crippen molar-refractivity contribution in [3.8, 4) is 5.75 Å². The largest absolute Gasteiger partial charge is 0.496 e. The first kappa shape index (κ1) is 12.8. The second kappa shape index (κ2) is 5.72. The summed E-state index contributed by atoms with van der Waals surface area (Å²) >= 11 is 0. The zero-order valence-corrected chi connectivity index (χ0v) is 9.97. The molecule has 0 aliphatic rings. The number of hydrogen-bond acceptors (Lipinski definition) is 4. The lowest BCUT2D eigenvalue weighted by Gasteiger charge is -2.24. The normalized spacial score (nSPS) is 12.3. The third-order valence-corrected chi connectivity index (χ3v) is 2.53. The number of rotatable bonds is 5. The van der Waals surface area contributed by atoms with E-state index in [1.165, 1.54) is 0 Å². The first-order chi connectivity index (χ1) is 7.61. The minimum Gasteiger partial charge on any atom is -0.496 e. The van der Waals surface area contributed by atoms with Crippen molar-refractivity contribution in [1.29, 1.82) is 0 Å². The predicted octanol–water partition coefficient (Wildman–Crippen LogP) is 1.18. The van der Waals surface area contributed by atoms with Crippen molar-refractivity contribution in [3.05, 3.63) is 23.8 Å². The van der Waals surface area contributed by atoms with E-state index < -0.39 is 6.10 Å². The Morgan fingerprint density at radius 3 is 2.62 bits per heavy atom. The average molecular weight is 225 g/mol. The Hall–Kier alpha value is -1.26. The summed E-state index contributed by atoms with van der Waals surface area (Å²) in [5.74, 6) is 0.664. The van der Waals surface area contributed by atoms with Crippen LogP contribution in [0.1, 0.15) is 18.6 Å². The summed E-state index contributed by atoms with van der Waals surface area (Å²) in [5.41, 5.74) is 1.63. The molecule has 1 aromatic rings. The lowest BCUT2D eigenvalue weighted by atomic mass is 10.1. The highest BCUT2D eigenvalue weighted by Gasteiger charge is 2.16. The van der Waals surface area contributed by atoms with E-state index in [0.29, 0.717) is 12.3 Å². The highest BCUT2D eigenvalue weighted by atomic mass is 16.5. The molecule has 4 nitrogen and oxygen atoms in total. The van der Waals surface area contributed by atoms with Crippen LogP contribution in [-0.2, 0) is 0 Å². The Balaban J connectivity index is 3.16. The molecule has 1 rings (SSSR count). The molecule has 0 bridgehead atoms. The van der Waals surface area contributed by atoms with Crippen LogP contribution in [0.5, 0.6) is 5.75 Å². The van der Waals surface area contributed by atoms with E-state index in [4.69, 9.17) is 9.84 Å². The molecule has 0 aliphatic heterocycles. The Morgan fingerprint density at radius 2 is 2.12 bits per heavy atom. The maximum Gasteiger partial charge on any atom is 0.126 e. The van der Waals surface area contributed by atoms with Gasteiger partial charge in [0.25, 0.3) is 0 Å². The molecule has 4 heteroatoms. The monoisotopic (exact) mass is 225 g/mol. The van der Waals surface area contributed by atoms with E-state index in [1.807, 2.05) is 30.1 Å². The number of anilines is 1. The summed E-state index contributed by atoms with van der Waals surface area (Å²) in [5, 5.41) is 18.7. The highest BCUT2D eigenvalue weighted by molar-refractivity contribution is 5.60. The predicted molar refractivity (Wildman–Crippen MR) is 64.0 cm³/mol. The van der Waals surface area contributed by atoms with Crippen molar-refractivity contribution in [3.63, 3.8) is 0 Å². The van der Waals surface area contributed by atoms with Crippen LogP contribution in [0.25, 0.3) is 0 Å². The van der Waals surface area contributed by atoms with Gasteiger partial charge in [-0.25, -0.2) is 0 Å². The van der Waals surface area contributed by atoms with Gasteiger partial charge >= 0.3 is 0 Å². The molecule has 0 spiro atoms. The molecule has 0 aliphatic carbocycles. The quantitative estimate of drug-likeness (QED) is 0.790. The molecular formula is C12H19NO3. The standard InChI is InChI=1S/C12H19NO3/c1-9(15)12-10(13(2)7-8-14)5-4-6-11(12)16-3/h4-6,9,14-15H,7-8H2,1-3H3/t9-/m0/s1. The van der Waals surface area contributed by atoms with Crippen LogP contribution in [0.2, 0.25) is 0 Å². The molecule has 0 aromatic heterocycles.